The summed E-state index contributed by atoms with van der Waals surface area (Å²) in [6, 6.07) is 6.91. The largest absolute Gasteiger partial charge is 0.385 e. The number of methoxy groups -OCH3 is 1. The normalized spacial score (nSPS) is 12.1. The molecule has 1 aromatic rings. The second-order valence-electron chi connectivity index (χ2n) is 4.65. The number of hydrogen-bond acceptors (Lipinski definition) is 3. The van der Waals surface area contributed by atoms with Crippen molar-refractivity contribution in [2.75, 3.05) is 20.3 Å². The molecule has 1 heterocycles. The molecule has 0 bridgehead atoms. The van der Waals surface area contributed by atoms with E-state index in [1.807, 2.05) is 13.8 Å². The average Bonchev–Trinajstić information content (AvgIpc) is 2.82. The Morgan fingerprint density at radius 3 is 1.77 bits per heavy atom. The van der Waals surface area contributed by atoms with Gasteiger partial charge < -0.3 is 4.74 Å². The van der Waals surface area contributed by atoms with Crippen LogP contribution in [0, 0.1) is 0 Å². The summed E-state index contributed by atoms with van der Waals surface area (Å²) in [6.45, 7) is 9.33. The Labute approximate surface area is 134 Å². The van der Waals surface area contributed by atoms with Crippen LogP contribution in [0.4, 0.5) is 0 Å². The molecule has 0 radical (unpaired) electrons. The maximum atomic E-state index is 11.9. The number of unbranched alkanes of at least 4 members (excludes halogenated alkanes) is 1. The van der Waals surface area contributed by atoms with E-state index in [2.05, 4.69) is 13.8 Å². The number of carbonyl (C=O) groups is 2. The van der Waals surface area contributed by atoms with Crippen molar-refractivity contribution >= 4 is 11.8 Å². The zero-order chi connectivity index (χ0) is 17.0. The molecule has 2 amide bonds. The quantitative estimate of drug-likeness (QED) is 0.606. The molecule has 1 aromatic carbocycles. The Balaban J connectivity index is 0.000000640. The first-order valence-corrected chi connectivity index (χ1v) is 8.11. The van der Waals surface area contributed by atoms with Gasteiger partial charge in [-0.3, -0.25) is 14.5 Å². The molecule has 0 aromatic heterocycles. The Hall–Kier alpha value is -1.68. The number of ether oxygens (including phenoxy) is 1. The van der Waals surface area contributed by atoms with Gasteiger partial charge in [0.25, 0.3) is 11.8 Å². The van der Waals surface area contributed by atoms with Gasteiger partial charge in [0.15, 0.2) is 0 Å². The minimum Gasteiger partial charge on any atom is -0.385 e. The third-order valence-electron chi connectivity index (χ3n) is 3.11. The molecule has 1 aliphatic heterocycles. The monoisotopic (exact) mass is 307 g/mol. The minimum atomic E-state index is -0.197. The van der Waals surface area contributed by atoms with E-state index in [0.717, 1.165) is 0 Å². The highest BCUT2D eigenvalue weighted by atomic mass is 16.5. The van der Waals surface area contributed by atoms with Crippen LogP contribution in [0.2, 0.25) is 0 Å². The standard InChI is InChI=1S/C12H13NO3.C4H10.C2H6/c1-16-8-4-7-13-11(14)9-5-2-3-6-10(9)12(13)15;1-3-4-2;1-2/h2-3,5-6H,4,7-8H2,1H3;3-4H2,1-2H3;1-2H3. The lowest BCUT2D eigenvalue weighted by molar-refractivity contribution is 0.0638. The van der Waals surface area contributed by atoms with Crippen molar-refractivity contribution in [1.82, 2.24) is 4.90 Å². The number of benzene rings is 1. The molecule has 0 N–H and O–H groups in total. The first kappa shape index (κ1) is 20.3. The van der Waals surface area contributed by atoms with Gasteiger partial charge in [0, 0.05) is 20.3 Å². The number of carbonyl (C=O) groups excluding carboxylic acids is 2. The highest BCUT2D eigenvalue weighted by Crippen LogP contribution is 2.22. The van der Waals surface area contributed by atoms with Crippen molar-refractivity contribution in [3.05, 3.63) is 35.4 Å². The van der Waals surface area contributed by atoms with Crippen molar-refractivity contribution < 1.29 is 14.3 Å². The highest BCUT2D eigenvalue weighted by molar-refractivity contribution is 6.21. The van der Waals surface area contributed by atoms with Crippen molar-refractivity contribution in [1.29, 1.82) is 0 Å². The van der Waals surface area contributed by atoms with Gasteiger partial charge in [-0.2, -0.15) is 0 Å². The number of amides is 2. The van der Waals surface area contributed by atoms with Gasteiger partial charge in [0.1, 0.15) is 0 Å². The van der Waals surface area contributed by atoms with Crippen molar-refractivity contribution in [2.24, 2.45) is 0 Å². The lowest BCUT2D eigenvalue weighted by atomic mass is 10.1. The molecule has 0 fully saturated rings. The summed E-state index contributed by atoms with van der Waals surface area (Å²) in [7, 11) is 1.60. The van der Waals surface area contributed by atoms with E-state index in [9.17, 15) is 9.59 Å². The zero-order valence-corrected chi connectivity index (χ0v) is 14.5. The van der Waals surface area contributed by atoms with Gasteiger partial charge >= 0.3 is 0 Å². The fourth-order valence-corrected chi connectivity index (χ4v) is 1.81. The van der Waals surface area contributed by atoms with E-state index in [1.165, 1.54) is 17.7 Å². The maximum Gasteiger partial charge on any atom is 0.261 e. The van der Waals surface area contributed by atoms with Gasteiger partial charge in [0.2, 0.25) is 0 Å². The topological polar surface area (TPSA) is 46.6 Å². The van der Waals surface area contributed by atoms with E-state index in [-0.39, 0.29) is 11.8 Å². The number of hydrogen-bond donors (Lipinski definition) is 0. The van der Waals surface area contributed by atoms with E-state index in [4.69, 9.17) is 4.74 Å². The van der Waals surface area contributed by atoms with E-state index < -0.39 is 0 Å². The summed E-state index contributed by atoms with van der Waals surface area (Å²) in [6.07, 6.45) is 3.31. The van der Waals surface area contributed by atoms with Gasteiger partial charge in [-0.25, -0.2) is 0 Å². The van der Waals surface area contributed by atoms with Crippen LogP contribution in [-0.4, -0.2) is 37.0 Å². The third-order valence-corrected chi connectivity index (χ3v) is 3.11. The van der Waals surface area contributed by atoms with Crippen molar-refractivity contribution in [3.63, 3.8) is 0 Å². The molecule has 2 rings (SSSR count). The molecule has 0 atom stereocenters. The SMILES string of the molecule is CC.CCCC.COCCCN1C(=O)c2ccccc2C1=O. The smallest absolute Gasteiger partial charge is 0.261 e. The minimum absolute atomic E-state index is 0.197. The predicted octanol–water partition coefficient (Wildman–Crippen LogP) is 4.15. The predicted molar refractivity (Wildman–Crippen MR) is 90.2 cm³/mol. The number of rotatable bonds is 5. The van der Waals surface area contributed by atoms with Crippen LogP contribution in [-0.2, 0) is 4.74 Å². The van der Waals surface area contributed by atoms with Crippen molar-refractivity contribution in [2.45, 2.75) is 47.0 Å². The van der Waals surface area contributed by atoms with Gasteiger partial charge in [-0.1, -0.05) is 52.7 Å². The first-order chi connectivity index (χ1) is 10.7. The highest BCUT2D eigenvalue weighted by Gasteiger charge is 2.34. The molecule has 4 nitrogen and oxygen atoms in total. The second kappa shape index (κ2) is 11.9. The second-order valence-corrected chi connectivity index (χ2v) is 4.65. The number of nitrogens with zero attached hydrogens (tertiary/aromatic N) is 1. The van der Waals surface area contributed by atoms with Crippen LogP contribution in [0.25, 0.3) is 0 Å². The van der Waals surface area contributed by atoms with E-state index in [1.54, 1.807) is 31.4 Å². The molecule has 124 valence electrons. The molecule has 0 saturated carbocycles. The summed E-state index contributed by atoms with van der Waals surface area (Å²) >= 11 is 0. The zero-order valence-electron chi connectivity index (χ0n) is 14.5. The molecule has 0 spiro atoms. The van der Waals surface area contributed by atoms with Crippen LogP contribution < -0.4 is 0 Å². The summed E-state index contributed by atoms with van der Waals surface area (Å²) in [4.78, 5) is 25.0. The average molecular weight is 307 g/mol. The Morgan fingerprint density at radius 1 is 0.955 bits per heavy atom. The maximum absolute atomic E-state index is 11.9. The van der Waals surface area contributed by atoms with Gasteiger partial charge in [-0.15, -0.1) is 0 Å². The lowest BCUT2D eigenvalue weighted by Crippen LogP contribution is -2.31. The first-order valence-electron chi connectivity index (χ1n) is 8.11. The van der Waals surface area contributed by atoms with Crippen molar-refractivity contribution in [3.8, 4) is 0 Å². The van der Waals surface area contributed by atoms with E-state index in [0.29, 0.717) is 30.7 Å². The van der Waals surface area contributed by atoms with E-state index >= 15 is 0 Å². The molecule has 0 saturated heterocycles. The molecule has 4 heteroatoms. The molecule has 1 aliphatic rings. The molecular weight excluding hydrogens is 278 g/mol. The van der Waals surface area contributed by atoms with Crippen LogP contribution in [0.3, 0.4) is 0 Å². The molecule has 0 unspecified atom stereocenters. The van der Waals surface area contributed by atoms with Crippen LogP contribution in [0.1, 0.15) is 67.7 Å². The molecule has 0 aliphatic carbocycles. The Kier molecular flexibility index (Phi) is 11.0. The number of imide groups is 1. The van der Waals surface area contributed by atoms with Gasteiger partial charge in [-0.05, 0) is 18.6 Å². The van der Waals surface area contributed by atoms with Crippen LogP contribution in [0.15, 0.2) is 24.3 Å². The molecule has 22 heavy (non-hydrogen) atoms. The molecular formula is C18H29NO3. The summed E-state index contributed by atoms with van der Waals surface area (Å²) in [5.74, 6) is -0.395. The summed E-state index contributed by atoms with van der Waals surface area (Å²) < 4.78 is 4.90. The van der Waals surface area contributed by atoms with Crippen LogP contribution >= 0.6 is 0 Å². The van der Waals surface area contributed by atoms with Gasteiger partial charge in [0.05, 0.1) is 11.1 Å². The fraction of sp³-hybridized carbons (Fsp3) is 0.556. The fourth-order valence-electron chi connectivity index (χ4n) is 1.81. The lowest BCUT2D eigenvalue weighted by Gasteiger charge is -2.12. The summed E-state index contributed by atoms with van der Waals surface area (Å²) in [5.41, 5.74) is 1.01. The summed E-state index contributed by atoms with van der Waals surface area (Å²) in [5, 5.41) is 0. The Bertz CT molecular complexity index is 420. The Morgan fingerprint density at radius 2 is 1.41 bits per heavy atom. The third kappa shape index (κ3) is 5.60. The van der Waals surface area contributed by atoms with Crippen LogP contribution in [0.5, 0.6) is 0 Å². The number of fused-ring (bicyclic) bond motifs is 1.